The number of likely N-dealkylation sites (N-methyl/N-ethyl adjacent to an activating group) is 1. The zero-order valence-corrected chi connectivity index (χ0v) is 4.34. The molecule has 1 heterocycles. The molecule has 0 spiro atoms. The molecule has 0 aromatic carbocycles. The molecule has 0 unspecified atom stereocenters. The molecule has 1 aliphatic rings. The summed E-state index contributed by atoms with van der Waals surface area (Å²) in [5.74, 6) is -0.662. The van der Waals surface area contributed by atoms with Crippen LogP contribution in [0.5, 0.6) is 0 Å². The Balaban J connectivity index is 2.84. The van der Waals surface area contributed by atoms with Gasteiger partial charge in [0.05, 0.1) is 6.08 Å². The van der Waals surface area contributed by atoms with Gasteiger partial charge in [-0.1, -0.05) is 0 Å². The quantitative estimate of drug-likeness (QED) is 0.388. The highest BCUT2D eigenvalue weighted by atomic mass is 16.2. The third-order valence-corrected chi connectivity index (χ3v) is 0.954. The summed E-state index contributed by atoms with van der Waals surface area (Å²) in [6.07, 6.45) is 3.36. The van der Waals surface area contributed by atoms with Crippen LogP contribution in [0.3, 0.4) is 0 Å². The van der Waals surface area contributed by atoms with Crippen molar-refractivity contribution in [3.8, 4) is 0 Å². The number of carbonyl (C=O) groups excluding carboxylic acids is 2. The Morgan fingerprint density at radius 2 is 2.25 bits per heavy atom. The summed E-state index contributed by atoms with van der Waals surface area (Å²) < 4.78 is 0. The van der Waals surface area contributed by atoms with Gasteiger partial charge in [0.25, 0.3) is 11.8 Å². The van der Waals surface area contributed by atoms with Crippen molar-refractivity contribution >= 4 is 11.8 Å². The van der Waals surface area contributed by atoms with Gasteiger partial charge < -0.3 is 0 Å². The molecule has 0 atom stereocenters. The van der Waals surface area contributed by atoms with Crippen molar-refractivity contribution < 1.29 is 9.59 Å². The van der Waals surface area contributed by atoms with E-state index in [1.807, 2.05) is 0 Å². The Bertz CT molecular complexity index is 153. The maximum Gasteiger partial charge on any atom is 0.261 e. The van der Waals surface area contributed by atoms with Gasteiger partial charge in [-0.2, -0.15) is 0 Å². The van der Waals surface area contributed by atoms with E-state index in [4.69, 9.17) is 0 Å². The molecule has 8 heavy (non-hydrogen) atoms. The Labute approximate surface area is 46.6 Å². The van der Waals surface area contributed by atoms with Crippen LogP contribution in [0.2, 0.25) is 0 Å². The van der Waals surface area contributed by atoms with Crippen LogP contribution in [0.25, 0.3) is 0 Å². The Hall–Kier alpha value is -1.12. The Morgan fingerprint density at radius 3 is 2.38 bits per heavy atom. The van der Waals surface area contributed by atoms with Crippen LogP contribution in [-0.2, 0) is 9.59 Å². The minimum absolute atomic E-state index is 0.296. The lowest BCUT2D eigenvalue weighted by atomic mass is 10.6. The summed E-state index contributed by atoms with van der Waals surface area (Å²) in [7, 11) is 1.42. The number of hydrogen-bond acceptors (Lipinski definition) is 2. The number of nitrogens with zero attached hydrogens (tertiary/aromatic N) is 1. The standard InChI is InChI=1S/C5H4NO2/c1-6-4(7)2-3-5(6)8/h2H,1H3. The molecule has 1 rings (SSSR count). The molecule has 2 amide bonds. The summed E-state index contributed by atoms with van der Waals surface area (Å²) in [6, 6.07) is 0. The van der Waals surface area contributed by atoms with E-state index in [1.165, 1.54) is 7.05 Å². The third-order valence-electron chi connectivity index (χ3n) is 0.954. The van der Waals surface area contributed by atoms with Gasteiger partial charge in [-0.3, -0.25) is 14.5 Å². The molecule has 41 valence electrons. The molecule has 0 N–H and O–H groups in total. The fraction of sp³-hybridized carbons (Fsp3) is 0.200. The highest BCUT2D eigenvalue weighted by Gasteiger charge is 2.17. The van der Waals surface area contributed by atoms with Crippen molar-refractivity contribution in [2.24, 2.45) is 0 Å². The van der Waals surface area contributed by atoms with Crippen molar-refractivity contribution in [3.05, 3.63) is 12.2 Å². The Kier molecular flexibility index (Phi) is 0.901. The molecule has 1 radical (unpaired) electrons. The second-order valence-corrected chi connectivity index (χ2v) is 1.49. The normalized spacial score (nSPS) is 18.4. The zero-order valence-electron chi connectivity index (χ0n) is 4.34. The predicted molar refractivity (Wildman–Crippen MR) is 25.6 cm³/mol. The summed E-state index contributed by atoms with van der Waals surface area (Å²) in [6.45, 7) is 0. The van der Waals surface area contributed by atoms with Crippen molar-refractivity contribution in [2.75, 3.05) is 7.05 Å². The van der Waals surface area contributed by atoms with Crippen LogP contribution in [-0.4, -0.2) is 23.8 Å². The number of carbonyl (C=O) groups is 2. The second-order valence-electron chi connectivity index (χ2n) is 1.49. The van der Waals surface area contributed by atoms with Crippen LogP contribution in [0.1, 0.15) is 0 Å². The molecule has 0 saturated carbocycles. The molecule has 0 saturated heterocycles. The first-order valence-corrected chi connectivity index (χ1v) is 2.13. The summed E-state index contributed by atoms with van der Waals surface area (Å²) in [4.78, 5) is 21.7. The van der Waals surface area contributed by atoms with Gasteiger partial charge >= 0.3 is 0 Å². The molecule has 1 aliphatic heterocycles. The topological polar surface area (TPSA) is 37.4 Å². The van der Waals surface area contributed by atoms with Gasteiger partial charge in [-0.15, -0.1) is 0 Å². The molecular weight excluding hydrogens is 106 g/mol. The van der Waals surface area contributed by atoms with Crippen LogP contribution < -0.4 is 0 Å². The predicted octanol–water partition coefficient (Wildman–Crippen LogP) is -0.656. The molecule has 3 heteroatoms. The maximum atomic E-state index is 10.4. The lowest BCUT2D eigenvalue weighted by molar-refractivity contribution is -0.135. The number of imide groups is 1. The number of rotatable bonds is 0. The van der Waals surface area contributed by atoms with Gasteiger partial charge in [0.2, 0.25) is 0 Å². The fourth-order valence-electron chi connectivity index (χ4n) is 0.417. The second kappa shape index (κ2) is 1.43. The van der Waals surface area contributed by atoms with Gasteiger partial charge in [-0.25, -0.2) is 0 Å². The van der Waals surface area contributed by atoms with E-state index in [0.717, 1.165) is 11.0 Å². The average molecular weight is 110 g/mol. The molecule has 3 nitrogen and oxygen atoms in total. The van der Waals surface area contributed by atoms with Crippen LogP contribution in [0, 0.1) is 6.08 Å². The molecule has 0 aromatic heterocycles. The van der Waals surface area contributed by atoms with Crippen LogP contribution >= 0.6 is 0 Å². The number of amides is 2. The largest absolute Gasteiger partial charge is 0.278 e. The smallest absolute Gasteiger partial charge is 0.261 e. The Morgan fingerprint density at radius 1 is 1.62 bits per heavy atom. The lowest BCUT2D eigenvalue weighted by Crippen LogP contribution is -2.24. The molecule has 0 aromatic rings. The molecule has 0 bridgehead atoms. The van der Waals surface area contributed by atoms with E-state index >= 15 is 0 Å². The van der Waals surface area contributed by atoms with Crippen LogP contribution in [0.15, 0.2) is 6.08 Å². The number of hydrogen-bond donors (Lipinski definition) is 0. The van der Waals surface area contributed by atoms with Crippen LogP contribution in [0.4, 0.5) is 0 Å². The summed E-state index contributed by atoms with van der Waals surface area (Å²) >= 11 is 0. The van der Waals surface area contributed by atoms with E-state index in [9.17, 15) is 9.59 Å². The van der Waals surface area contributed by atoms with Gasteiger partial charge in [-0.05, 0) is 0 Å². The maximum absolute atomic E-state index is 10.4. The first-order valence-electron chi connectivity index (χ1n) is 2.13. The molecule has 0 fully saturated rings. The summed E-state index contributed by atoms with van der Waals surface area (Å²) in [5.41, 5.74) is 0. The SMILES string of the molecule is CN1C(=O)[C]=CC1=O. The third kappa shape index (κ3) is 0.521. The van der Waals surface area contributed by atoms with Gasteiger partial charge in [0, 0.05) is 13.1 Å². The van der Waals surface area contributed by atoms with E-state index in [2.05, 4.69) is 6.08 Å². The minimum atomic E-state index is -0.366. The van der Waals surface area contributed by atoms with E-state index < -0.39 is 0 Å². The lowest BCUT2D eigenvalue weighted by Gasteiger charge is -2.01. The fourth-order valence-corrected chi connectivity index (χ4v) is 0.417. The average Bonchev–Trinajstić information content (AvgIpc) is 1.98. The highest BCUT2D eigenvalue weighted by Crippen LogP contribution is 1.96. The van der Waals surface area contributed by atoms with Crippen molar-refractivity contribution in [1.82, 2.24) is 4.90 Å². The van der Waals surface area contributed by atoms with Gasteiger partial charge in [0.15, 0.2) is 0 Å². The van der Waals surface area contributed by atoms with Crippen molar-refractivity contribution in [3.63, 3.8) is 0 Å². The van der Waals surface area contributed by atoms with Crippen molar-refractivity contribution in [1.29, 1.82) is 0 Å². The van der Waals surface area contributed by atoms with E-state index in [1.54, 1.807) is 0 Å². The molecular formula is C5H4NO2. The monoisotopic (exact) mass is 110 g/mol. The van der Waals surface area contributed by atoms with E-state index in [-0.39, 0.29) is 11.8 Å². The first-order chi connectivity index (χ1) is 3.72. The minimum Gasteiger partial charge on any atom is -0.278 e. The van der Waals surface area contributed by atoms with E-state index in [0.29, 0.717) is 0 Å². The van der Waals surface area contributed by atoms with Gasteiger partial charge in [0.1, 0.15) is 0 Å². The van der Waals surface area contributed by atoms with Crippen molar-refractivity contribution in [2.45, 2.75) is 0 Å². The summed E-state index contributed by atoms with van der Waals surface area (Å²) in [5, 5.41) is 0. The molecule has 0 aliphatic carbocycles. The zero-order chi connectivity index (χ0) is 6.15. The highest BCUT2D eigenvalue weighted by molar-refractivity contribution is 6.10. The first kappa shape index (κ1) is 5.03.